The highest BCUT2D eigenvalue weighted by Crippen LogP contribution is 2.20. The second kappa shape index (κ2) is 7.35. The average molecular weight is 335 g/mol. The summed E-state index contributed by atoms with van der Waals surface area (Å²) in [7, 11) is 1.46. The molecule has 0 aliphatic carbocycles. The van der Waals surface area contributed by atoms with Crippen LogP contribution in [0.15, 0.2) is 40.8 Å². The van der Waals surface area contributed by atoms with Gasteiger partial charge in [0.25, 0.3) is 11.9 Å². The summed E-state index contributed by atoms with van der Waals surface area (Å²) in [5, 5.41) is 2.87. The zero-order valence-corrected chi connectivity index (χ0v) is 13.2. The van der Waals surface area contributed by atoms with E-state index in [1.807, 2.05) is 0 Å². The van der Waals surface area contributed by atoms with E-state index < -0.39 is 6.10 Å². The first-order valence-corrected chi connectivity index (χ1v) is 7.60. The van der Waals surface area contributed by atoms with Crippen LogP contribution >= 0.6 is 0 Å². The molecule has 6 nitrogen and oxygen atoms in total. The largest absolute Gasteiger partial charge is 0.486 e. The lowest BCUT2D eigenvalue weighted by molar-refractivity contribution is -0.0138. The number of benzene rings is 1. The summed E-state index contributed by atoms with van der Waals surface area (Å²) in [5.74, 6) is 0.0671. The summed E-state index contributed by atoms with van der Waals surface area (Å²) >= 11 is 0. The van der Waals surface area contributed by atoms with Gasteiger partial charge in [-0.25, -0.2) is 4.39 Å². The van der Waals surface area contributed by atoms with Crippen molar-refractivity contribution < 1.29 is 27.8 Å². The average Bonchev–Trinajstić information content (AvgIpc) is 3.06. The van der Waals surface area contributed by atoms with Crippen molar-refractivity contribution in [1.82, 2.24) is 5.32 Å². The predicted octanol–water partition coefficient (Wildman–Crippen LogP) is 2.39. The van der Waals surface area contributed by atoms with Crippen molar-refractivity contribution in [2.24, 2.45) is 0 Å². The van der Waals surface area contributed by atoms with Gasteiger partial charge >= 0.3 is 0 Å². The van der Waals surface area contributed by atoms with Crippen molar-refractivity contribution >= 4 is 5.91 Å². The molecule has 2 aromatic rings. The van der Waals surface area contributed by atoms with Crippen LogP contribution in [0.2, 0.25) is 0 Å². The maximum Gasteiger partial charge on any atom is 0.287 e. The van der Waals surface area contributed by atoms with Crippen molar-refractivity contribution in [1.29, 1.82) is 0 Å². The van der Waals surface area contributed by atoms with E-state index in [2.05, 4.69) is 5.32 Å². The number of amides is 1. The molecule has 1 saturated heterocycles. The van der Waals surface area contributed by atoms with Crippen LogP contribution in [0, 0.1) is 5.82 Å². The normalized spacial score (nSPS) is 20.4. The molecule has 1 aromatic heterocycles. The van der Waals surface area contributed by atoms with Crippen LogP contribution in [0.5, 0.6) is 11.7 Å². The molecule has 128 valence electrons. The number of carbonyl (C=O) groups is 1. The van der Waals surface area contributed by atoms with Crippen LogP contribution < -0.4 is 14.8 Å². The lowest BCUT2D eigenvalue weighted by atomic mass is 10.1. The zero-order chi connectivity index (χ0) is 16.9. The van der Waals surface area contributed by atoms with Crippen LogP contribution in [-0.4, -0.2) is 38.4 Å². The maximum atomic E-state index is 13.3. The number of methoxy groups -OCH3 is 1. The molecule has 0 saturated carbocycles. The number of rotatable bonds is 5. The van der Waals surface area contributed by atoms with Crippen LogP contribution in [0.1, 0.15) is 17.0 Å². The Kier molecular flexibility index (Phi) is 5.00. The van der Waals surface area contributed by atoms with Crippen LogP contribution in [0.3, 0.4) is 0 Å². The van der Waals surface area contributed by atoms with Gasteiger partial charge in [-0.2, -0.15) is 0 Å². The summed E-state index contributed by atoms with van der Waals surface area (Å²) in [6.07, 6.45) is 0.171. The minimum Gasteiger partial charge on any atom is -0.486 e. The molecule has 0 bridgehead atoms. The molecule has 0 spiro atoms. The summed E-state index contributed by atoms with van der Waals surface area (Å²) < 4.78 is 34.6. The number of nitrogens with one attached hydrogen (secondary N) is 1. The van der Waals surface area contributed by atoms with E-state index in [0.29, 0.717) is 25.4 Å². The van der Waals surface area contributed by atoms with E-state index in [0.717, 1.165) is 0 Å². The number of ether oxygens (including phenoxy) is 3. The first kappa shape index (κ1) is 16.3. The fourth-order valence-corrected chi connectivity index (χ4v) is 2.50. The second-order valence-corrected chi connectivity index (χ2v) is 5.38. The van der Waals surface area contributed by atoms with Crippen molar-refractivity contribution in [2.45, 2.75) is 18.6 Å². The Morgan fingerprint density at radius 1 is 1.33 bits per heavy atom. The summed E-state index contributed by atoms with van der Waals surface area (Å²) in [5.41, 5.74) is 0. The van der Waals surface area contributed by atoms with Gasteiger partial charge in [0, 0.05) is 18.7 Å². The Labute approximate surface area is 138 Å². The molecule has 1 fully saturated rings. The highest BCUT2D eigenvalue weighted by Gasteiger charge is 2.30. The van der Waals surface area contributed by atoms with Gasteiger partial charge < -0.3 is 23.9 Å². The van der Waals surface area contributed by atoms with E-state index >= 15 is 0 Å². The molecule has 3 rings (SSSR count). The molecule has 1 amide bonds. The van der Waals surface area contributed by atoms with Gasteiger partial charge in [-0.3, -0.25) is 4.79 Å². The van der Waals surface area contributed by atoms with Crippen LogP contribution in [-0.2, 0) is 4.74 Å². The maximum absolute atomic E-state index is 13.3. The molecule has 1 N–H and O–H groups in total. The fourth-order valence-electron chi connectivity index (χ4n) is 2.50. The van der Waals surface area contributed by atoms with Gasteiger partial charge in [-0.15, -0.1) is 0 Å². The van der Waals surface area contributed by atoms with Gasteiger partial charge in [0.2, 0.25) is 0 Å². The predicted molar refractivity (Wildman–Crippen MR) is 82.8 cm³/mol. The number of furan rings is 1. The molecular formula is C17H18FNO5. The number of halogens is 1. The third-order valence-corrected chi connectivity index (χ3v) is 3.71. The Morgan fingerprint density at radius 2 is 2.21 bits per heavy atom. The monoisotopic (exact) mass is 335 g/mol. The van der Waals surface area contributed by atoms with Gasteiger partial charge in [-0.1, -0.05) is 6.07 Å². The van der Waals surface area contributed by atoms with Crippen LogP contribution in [0.25, 0.3) is 0 Å². The number of hydrogen-bond donors (Lipinski definition) is 1. The molecule has 1 aliphatic heterocycles. The molecule has 1 aromatic carbocycles. The minimum absolute atomic E-state index is 0.155. The van der Waals surface area contributed by atoms with E-state index in [-0.39, 0.29) is 29.5 Å². The van der Waals surface area contributed by atoms with Gasteiger partial charge in [0.15, 0.2) is 5.76 Å². The summed E-state index contributed by atoms with van der Waals surface area (Å²) in [6, 6.07) is 8.70. The lowest BCUT2D eigenvalue weighted by Gasteiger charge is -2.32. The number of carbonyl (C=O) groups excluding carboxylic acids is 1. The second-order valence-electron chi connectivity index (χ2n) is 5.38. The molecule has 1 aliphatic rings. The smallest absolute Gasteiger partial charge is 0.287 e. The Balaban J connectivity index is 1.66. The van der Waals surface area contributed by atoms with Crippen molar-refractivity contribution in [3.63, 3.8) is 0 Å². The highest BCUT2D eigenvalue weighted by molar-refractivity contribution is 5.91. The van der Waals surface area contributed by atoms with Crippen molar-refractivity contribution in [3.8, 4) is 11.7 Å². The molecule has 0 unspecified atom stereocenters. The third-order valence-electron chi connectivity index (χ3n) is 3.71. The van der Waals surface area contributed by atoms with Gasteiger partial charge in [0.1, 0.15) is 17.7 Å². The topological polar surface area (TPSA) is 69.9 Å². The first-order chi connectivity index (χ1) is 11.7. The molecule has 7 heteroatoms. The highest BCUT2D eigenvalue weighted by atomic mass is 19.1. The zero-order valence-electron chi connectivity index (χ0n) is 13.2. The van der Waals surface area contributed by atoms with Crippen molar-refractivity contribution in [3.05, 3.63) is 48.0 Å². The summed E-state index contributed by atoms with van der Waals surface area (Å²) in [4.78, 5) is 12.3. The molecule has 2 heterocycles. The minimum atomic E-state index is -0.415. The quantitative estimate of drug-likeness (QED) is 0.908. The van der Waals surface area contributed by atoms with Gasteiger partial charge in [-0.05, 0) is 24.6 Å². The Morgan fingerprint density at radius 3 is 2.96 bits per heavy atom. The number of hydrogen-bond acceptors (Lipinski definition) is 5. The van der Waals surface area contributed by atoms with Crippen molar-refractivity contribution in [2.75, 3.05) is 20.3 Å². The van der Waals surface area contributed by atoms with E-state index in [4.69, 9.17) is 18.6 Å². The molecule has 24 heavy (non-hydrogen) atoms. The standard InChI is InChI=1S/C17H18FNO5/c1-21-16-6-5-14(24-16)17(20)19-13-7-8-22-10-15(13)23-12-4-2-3-11(18)9-12/h2-6,9,13,15H,7-8,10H2,1H3,(H,19,20)/t13-,15-/m1/s1. The summed E-state index contributed by atoms with van der Waals surface area (Å²) in [6.45, 7) is 0.818. The Hall–Kier alpha value is -2.54. The van der Waals surface area contributed by atoms with E-state index in [1.165, 1.54) is 25.3 Å². The van der Waals surface area contributed by atoms with E-state index in [1.54, 1.807) is 18.2 Å². The first-order valence-electron chi connectivity index (χ1n) is 7.60. The third kappa shape index (κ3) is 3.86. The Bertz CT molecular complexity index is 702. The molecular weight excluding hydrogens is 317 g/mol. The fraction of sp³-hybridized carbons (Fsp3) is 0.353. The SMILES string of the molecule is COc1ccc(C(=O)N[C@@H]2CCOC[C@H]2Oc2cccc(F)c2)o1. The van der Waals surface area contributed by atoms with Crippen LogP contribution in [0.4, 0.5) is 4.39 Å². The lowest BCUT2D eigenvalue weighted by Crippen LogP contribution is -2.51. The molecule has 0 radical (unpaired) electrons. The van der Waals surface area contributed by atoms with Gasteiger partial charge in [0.05, 0.1) is 19.8 Å². The van der Waals surface area contributed by atoms with E-state index in [9.17, 15) is 9.18 Å². The molecule has 2 atom stereocenters.